The zero-order valence-electron chi connectivity index (χ0n) is 21.8. The van der Waals surface area contributed by atoms with E-state index in [1.807, 2.05) is 0 Å². The number of rotatable bonds is 6. The number of aromatic hydroxyl groups is 2. The third-order valence-corrected chi connectivity index (χ3v) is 7.42. The molecule has 0 bridgehead atoms. The Balaban J connectivity index is 1.41. The first-order valence-electron chi connectivity index (χ1n) is 13.0. The van der Waals surface area contributed by atoms with Crippen LogP contribution in [0.3, 0.4) is 0 Å². The van der Waals surface area contributed by atoms with E-state index < -0.39 is 85.7 Å². The smallest absolute Gasteiger partial charge is 0.229 e. The number of ether oxygens (including phenoxy) is 5. The third-order valence-electron chi connectivity index (χ3n) is 7.42. The highest BCUT2D eigenvalue weighted by Crippen LogP contribution is 2.43. The van der Waals surface area contributed by atoms with Crippen LogP contribution in [0.4, 0.5) is 0 Å². The predicted molar refractivity (Wildman–Crippen MR) is 134 cm³/mol. The maximum Gasteiger partial charge on any atom is 0.229 e. The van der Waals surface area contributed by atoms with Gasteiger partial charge >= 0.3 is 0 Å². The third kappa shape index (κ3) is 5.70. The number of aliphatic hydroxyl groups is 6. The fourth-order valence-corrected chi connectivity index (χ4v) is 5.07. The molecule has 0 spiro atoms. The number of phenolic OH excluding ortho intramolecular Hbond substituents is 2. The summed E-state index contributed by atoms with van der Waals surface area (Å²) in [6.45, 7) is 0.716. The molecule has 0 radical (unpaired) electrons. The molecule has 3 aliphatic rings. The summed E-state index contributed by atoms with van der Waals surface area (Å²) in [7, 11) is 0. The number of carbonyl (C=O) groups is 1. The van der Waals surface area contributed by atoms with Gasteiger partial charge in [-0.2, -0.15) is 0 Å². The zero-order chi connectivity index (χ0) is 29.6. The van der Waals surface area contributed by atoms with Crippen LogP contribution in [0.25, 0.3) is 0 Å². The Hall–Kier alpha value is -3.05. The van der Waals surface area contributed by atoms with Crippen molar-refractivity contribution in [2.24, 2.45) is 0 Å². The molecule has 224 valence electrons. The van der Waals surface area contributed by atoms with Crippen molar-refractivity contribution in [2.75, 3.05) is 6.61 Å². The lowest BCUT2D eigenvalue weighted by Crippen LogP contribution is -2.64. The Morgan fingerprint density at radius 2 is 1.59 bits per heavy atom. The predicted octanol–water partition coefficient (Wildman–Crippen LogP) is -1.17. The maximum absolute atomic E-state index is 12.9. The monoisotopic (exact) mass is 580 g/mol. The first-order chi connectivity index (χ1) is 19.5. The number of ketones is 1. The van der Waals surface area contributed by atoms with E-state index in [0.717, 1.165) is 6.07 Å². The molecular weight excluding hydrogens is 548 g/mol. The van der Waals surface area contributed by atoms with Crippen LogP contribution in [-0.4, -0.2) is 115 Å². The molecule has 0 unspecified atom stereocenters. The molecule has 0 saturated carbocycles. The highest BCUT2D eigenvalue weighted by atomic mass is 16.8. The SMILES string of the molecule is C[C@@H]1O[C@@H](O[C@@H]2[C@H](Oc3cc(O)c4c(c3)O[C@@H](c3ccc(O)cc3)CC4=O)O[C@@H](CO)[C@@H](O)[C@@H]2O)[C@H](O)[C@@H](O)[C@H]1O. The van der Waals surface area contributed by atoms with Gasteiger partial charge in [-0.1, -0.05) is 12.1 Å². The van der Waals surface area contributed by atoms with Gasteiger partial charge in [0.2, 0.25) is 6.29 Å². The van der Waals surface area contributed by atoms with Gasteiger partial charge in [0.15, 0.2) is 18.2 Å². The normalized spacial score (nSPS) is 37.2. The molecule has 2 saturated heterocycles. The van der Waals surface area contributed by atoms with E-state index in [4.69, 9.17) is 23.7 Å². The van der Waals surface area contributed by atoms with Crippen LogP contribution in [0.2, 0.25) is 0 Å². The molecule has 5 rings (SSSR count). The Kier molecular flexibility index (Phi) is 8.39. The van der Waals surface area contributed by atoms with Gasteiger partial charge in [0, 0.05) is 12.1 Å². The quantitative estimate of drug-likeness (QED) is 0.202. The number of fused-ring (bicyclic) bond motifs is 1. The Morgan fingerprint density at radius 1 is 0.878 bits per heavy atom. The summed E-state index contributed by atoms with van der Waals surface area (Å²) in [5.74, 6) is -0.947. The first-order valence-corrected chi connectivity index (χ1v) is 13.0. The van der Waals surface area contributed by atoms with E-state index in [2.05, 4.69) is 0 Å². The zero-order valence-corrected chi connectivity index (χ0v) is 21.8. The molecule has 2 aromatic rings. The summed E-state index contributed by atoms with van der Waals surface area (Å²) in [6, 6.07) is 8.50. The van der Waals surface area contributed by atoms with Crippen LogP contribution in [-0.2, 0) is 14.2 Å². The number of Topliss-reactive ketones (excluding diaryl/α,β-unsaturated/α-hetero) is 1. The summed E-state index contributed by atoms with van der Waals surface area (Å²) >= 11 is 0. The average molecular weight is 581 g/mol. The first kappa shape index (κ1) is 29.4. The molecule has 14 nitrogen and oxygen atoms in total. The van der Waals surface area contributed by atoms with E-state index in [1.165, 1.54) is 25.1 Å². The Morgan fingerprint density at radius 3 is 2.27 bits per heavy atom. The van der Waals surface area contributed by atoms with Crippen molar-refractivity contribution >= 4 is 5.78 Å². The van der Waals surface area contributed by atoms with E-state index in [9.17, 15) is 45.6 Å². The maximum atomic E-state index is 12.9. The average Bonchev–Trinajstić information content (AvgIpc) is 2.94. The van der Waals surface area contributed by atoms with Crippen LogP contribution >= 0.6 is 0 Å². The number of phenols is 2. The van der Waals surface area contributed by atoms with E-state index >= 15 is 0 Å². The highest BCUT2D eigenvalue weighted by molar-refractivity contribution is 6.02. The van der Waals surface area contributed by atoms with Crippen molar-refractivity contribution in [3.63, 3.8) is 0 Å². The topological polar surface area (TPSA) is 225 Å². The Labute approximate surface area is 233 Å². The standard InChI is InChI=1S/C27H32O14/c1-10-20(32)22(34)24(36)26(37-10)41-25-23(35)21(33)18(9-28)40-27(25)38-13-6-14(30)19-15(31)8-16(39-17(19)7-13)11-2-4-12(29)5-3-11/h2-7,10,16,18,20-30,32-36H,8-9H2,1H3/t10-,16+,18-,20-,21+,22-,23-,24+,25-,26-,27+/m0/s1. The van der Waals surface area contributed by atoms with E-state index in [0.29, 0.717) is 5.56 Å². The van der Waals surface area contributed by atoms with Crippen LogP contribution in [0.15, 0.2) is 36.4 Å². The van der Waals surface area contributed by atoms with Gasteiger partial charge < -0.3 is 64.5 Å². The van der Waals surface area contributed by atoms with Crippen molar-refractivity contribution in [2.45, 2.75) is 80.9 Å². The van der Waals surface area contributed by atoms with Crippen molar-refractivity contribution in [3.8, 4) is 23.0 Å². The van der Waals surface area contributed by atoms with E-state index in [1.54, 1.807) is 12.1 Å². The van der Waals surface area contributed by atoms with Gasteiger partial charge in [0.05, 0.1) is 19.1 Å². The molecule has 2 aromatic carbocycles. The van der Waals surface area contributed by atoms with Crippen molar-refractivity contribution < 1.29 is 69.3 Å². The summed E-state index contributed by atoms with van der Waals surface area (Å²) < 4.78 is 28.6. The van der Waals surface area contributed by atoms with Crippen LogP contribution < -0.4 is 9.47 Å². The molecule has 41 heavy (non-hydrogen) atoms. The number of carbonyl (C=O) groups excluding carboxylic acids is 1. The van der Waals surface area contributed by atoms with E-state index in [-0.39, 0.29) is 29.2 Å². The van der Waals surface area contributed by atoms with Gasteiger partial charge in [0.1, 0.15) is 71.3 Å². The molecule has 3 heterocycles. The molecule has 0 aliphatic carbocycles. The second kappa shape index (κ2) is 11.7. The van der Waals surface area contributed by atoms with Gasteiger partial charge in [0.25, 0.3) is 0 Å². The number of aliphatic hydroxyl groups excluding tert-OH is 6. The van der Waals surface area contributed by atoms with Gasteiger partial charge in [-0.05, 0) is 24.6 Å². The summed E-state index contributed by atoms with van der Waals surface area (Å²) in [4.78, 5) is 12.9. The number of hydrogen-bond acceptors (Lipinski definition) is 14. The van der Waals surface area contributed by atoms with Crippen molar-refractivity contribution in [1.82, 2.24) is 0 Å². The largest absolute Gasteiger partial charge is 0.508 e. The lowest BCUT2D eigenvalue weighted by molar-refractivity contribution is -0.354. The second-order valence-corrected chi connectivity index (χ2v) is 10.2. The fraction of sp³-hybridized carbons (Fsp3) is 0.519. The summed E-state index contributed by atoms with van der Waals surface area (Å²) in [5, 5.41) is 81.6. The van der Waals surface area contributed by atoms with Crippen LogP contribution in [0, 0.1) is 0 Å². The molecule has 11 atom stereocenters. The Bertz CT molecular complexity index is 1240. The summed E-state index contributed by atoms with van der Waals surface area (Å²) in [6.07, 6.45) is -16.0. The molecule has 14 heteroatoms. The minimum Gasteiger partial charge on any atom is -0.508 e. The highest BCUT2D eigenvalue weighted by Gasteiger charge is 2.51. The molecule has 0 aromatic heterocycles. The van der Waals surface area contributed by atoms with Gasteiger partial charge in [-0.3, -0.25) is 4.79 Å². The summed E-state index contributed by atoms with van der Waals surface area (Å²) in [5.41, 5.74) is 0.529. The number of benzene rings is 2. The number of hydrogen-bond donors (Lipinski definition) is 8. The molecule has 8 N–H and O–H groups in total. The van der Waals surface area contributed by atoms with Crippen LogP contribution in [0.5, 0.6) is 23.0 Å². The van der Waals surface area contributed by atoms with Crippen LogP contribution in [0.1, 0.15) is 35.4 Å². The molecule has 0 amide bonds. The fourth-order valence-electron chi connectivity index (χ4n) is 5.07. The second-order valence-electron chi connectivity index (χ2n) is 10.2. The molecular formula is C27H32O14. The minimum atomic E-state index is -1.75. The molecule has 2 fully saturated rings. The lowest BCUT2D eigenvalue weighted by Gasteiger charge is -2.45. The minimum absolute atomic E-state index is 0.0149. The van der Waals surface area contributed by atoms with Gasteiger partial charge in [-0.15, -0.1) is 0 Å². The lowest BCUT2D eigenvalue weighted by atomic mass is 9.95. The molecule has 3 aliphatic heterocycles. The van der Waals surface area contributed by atoms with Crippen molar-refractivity contribution in [1.29, 1.82) is 0 Å². The van der Waals surface area contributed by atoms with Gasteiger partial charge in [-0.25, -0.2) is 0 Å². The van der Waals surface area contributed by atoms with Crippen molar-refractivity contribution in [3.05, 3.63) is 47.5 Å².